The number of nitrogens with one attached hydrogen (secondary N) is 1. The maximum absolute atomic E-state index is 12.2. The first-order chi connectivity index (χ1) is 10.1. The summed E-state index contributed by atoms with van der Waals surface area (Å²) in [7, 11) is 0. The van der Waals surface area contributed by atoms with E-state index in [1.807, 2.05) is 6.92 Å². The number of hydrogen-bond acceptors (Lipinski definition) is 4. The molecule has 1 unspecified atom stereocenters. The molecule has 1 amide bonds. The largest absolute Gasteiger partial charge is 0.396 e. The van der Waals surface area contributed by atoms with Crippen LogP contribution < -0.4 is 5.32 Å². The van der Waals surface area contributed by atoms with Crippen LogP contribution in [0.25, 0.3) is 11.3 Å². The summed E-state index contributed by atoms with van der Waals surface area (Å²) < 4.78 is 4.92. The van der Waals surface area contributed by atoms with Gasteiger partial charge in [0.05, 0.1) is 0 Å². The Bertz CT molecular complexity index is 595. The predicted octanol–water partition coefficient (Wildman–Crippen LogP) is 2.74. The van der Waals surface area contributed by atoms with E-state index >= 15 is 0 Å². The molecule has 2 N–H and O–H groups in total. The maximum Gasteiger partial charge on any atom is 0.256 e. The summed E-state index contributed by atoms with van der Waals surface area (Å²) in [6.45, 7) is 2.56. The highest BCUT2D eigenvalue weighted by Gasteiger charge is 2.17. The second-order valence-electron chi connectivity index (χ2n) is 4.91. The number of halogens is 1. The van der Waals surface area contributed by atoms with Crippen LogP contribution in [0.3, 0.4) is 0 Å². The third-order valence-electron chi connectivity index (χ3n) is 3.16. The number of amides is 1. The zero-order valence-electron chi connectivity index (χ0n) is 11.7. The lowest BCUT2D eigenvalue weighted by atomic mass is 10.1. The summed E-state index contributed by atoms with van der Waals surface area (Å²) in [5.41, 5.74) is 1.63. The summed E-state index contributed by atoms with van der Waals surface area (Å²) in [6.07, 6.45) is 1.98. The molecule has 0 spiro atoms. The number of carbonyl (C=O) groups excluding carboxylic acids is 1. The Kier molecular flexibility index (Phi) is 5.36. The number of aliphatic hydroxyl groups excluding tert-OH is 1. The van der Waals surface area contributed by atoms with Gasteiger partial charge in [-0.1, -0.05) is 35.8 Å². The summed E-state index contributed by atoms with van der Waals surface area (Å²) in [5.74, 6) is -0.0382. The zero-order chi connectivity index (χ0) is 15.2. The van der Waals surface area contributed by atoms with E-state index in [4.69, 9.17) is 21.2 Å². The third-order valence-corrected chi connectivity index (χ3v) is 3.42. The standard InChI is InChI=1S/C15H17ClN2O3/c1-10(6-7-19)8-17-15(20)13-9-21-18-14(13)11-2-4-12(16)5-3-11/h2-5,9-10,19H,6-8H2,1H3,(H,17,20). The van der Waals surface area contributed by atoms with E-state index < -0.39 is 0 Å². The highest BCUT2D eigenvalue weighted by atomic mass is 35.5. The molecule has 6 heteroatoms. The Labute approximate surface area is 127 Å². The molecule has 112 valence electrons. The third kappa shape index (κ3) is 4.06. The quantitative estimate of drug-likeness (QED) is 0.860. The number of aromatic nitrogens is 1. The van der Waals surface area contributed by atoms with Crippen LogP contribution in [-0.4, -0.2) is 29.3 Å². The van der Waals surface area contributed by atoms with Crippen LogP contribution in [0.5, 0.6) is 0 Å². The SMILES string of the molecule is CC(CCO)CNC(=O)c1conc1-c1ccc(Cl)cc1. The average Bonchev–Trinajstić information content (AvgIpc) is 2.95. The van der Waals surface area contributed by atoms with E-state index in [1.54, 1.807) is 24.3 Å². The molecule has 0 aliphatic carbocycles. The van der Waals surface area contributed by atoms with Crippen molar-refractivity contribution in [2.24, 2.45) is 5.92 Å². The second kappa shape index (κ2) is 7.24. The molecule has 1 aromatic heterocycles. The van der Waals surface area contributed by atoms with Gasteiger partial charge in [-0.15, -0.1) is 0 Å². The van der Waals surface area contributed by atoms with Crippen molar-refractivity contribution in [3.63, 3.8) is 0 Å². The van der Waals surface area contributed by atoms with E-state index in [1.165, 1.54) is 6.26 Å². The molecule has 0 saturated heterocycles. The van der Waals surface area contributed by atoms with Crippen LogP contribution >= 0.6 is 11.6 Å². The summed E-state index contributed by atoms with van der Waals surface area (Å²) in [6, 6.07) is 7.03. The van der Waals surface area contributed by atoms with Crippen molar-refractivity contribution in [2.75, 3.05) is 13.2 Å². The van der Waals surface area contributed by atoms with Crippen LogP contribution in [-0.2, 0) is 0 Å². The second-order valence-corrected chi connectivity index (χ2v) is 5.35. The molecule has 1 aromatic carbocycles. The van der Waals surface area contributed by atoms with Crippen molar-refractivity contribution in [3.8, 4) is 11.3 Å². The van der Waals surface area contributed by atoms with E-state index in [0.29, 0.717) is 29.2 Å². The number of aliphatic hydroxyl groups is 1. The maximum atomic E-state index is 12.2. The van der Waals surface area contributed by atoms with Crippen LogP contribution in [0.4, 0.5) is 0 Å². The fraction of sp³-hybridized carbons (Fsp3) is 0.333. The highest BCUT2D eigenvalue weighted by Crippen LogP contribution is 2.23. The first kappa shape index (κ1) is 15.5. The minimum absolute atomic E-state index is 0.111. The lowest BCUT2D eigenvalue weighted by Gasteiger charge is -2.10. The molecular formula is C15H17ClN2O3. The van der Waals surface area contributed by atoms with Crippen molar-refractivity contribution in [1.29, 1.82) is 0 Å². The van der Waals surface area contributed by atoms with E-state index in [2.05, 4.69) is 10.5 Å². The summed E-state index contributed by atoms with van der Waals surface area (Å²) >= 11 is 5.85. The molecule has 0 aliphatic rings. The molecule has 0 bridgehead atoms. The first-order valence-electron chi connectivity index (χ1n) is 6.71. The van der Waals surface area contributed by atoms with Gasteiger partial charge >= 0.3 is 0 Å². The van der Waals surface area contributed by atoms with E-state index in [9.17, 15) is 4.79 Å². The van der Waals surface area contributed by atoms with Gasteiger partial charge in [0.25, 0.3) is 5.91 Å². The number of carbonyl (C=O) groups is 1. The molecular weight excluding hydrogens is 292 g/mol. The smallest absolute Gasteiger partial charge is 0.256 e. The minimum atomic E-state index is -0.244. The number of hydrogen-bond donors (Lipinski definition) is 2. The lowest BCUT2D eigenvalue weighted by molar-refractivity contribution is 0.0945. The van der Waals surface area contributed by atoms with Crippen molar-refractivity contribution >= 4 is 17.5 Å². The Hall–Kier alpha value is -1.85. The average molecular weight is 309 g/mol. The topological polar surface area (TPSA) is 75.4 Å². The zero-order valence-corrected chi connectivity index (χ0v) is 12.4. The minimum Gasteiger partial charge on any atom is -0.396 e. The fourth-order valence-electron chi connectivity index (χ4n) is 1.90. The number of benzene rings is 1. The molecule has 1 atom stereocenters. The Morgan fingerprint density at radius 2 is 2.14 bits per heavy atom. The van der Waals surface area contributed by atoms with E-state index in [-0.39, 0.29) is 18.4 Å². The lowest BCUT2D eigenvalue weighted by Crippen LogP contribution is -2.28. The van der Waals surface area contributed by atoms with Gasteiger partial charge in [0, 0.05) is 23.7 Å². The van der Waals surface area contributed by atoms with Gasteiger partial charge in [-0.2, -0.15) is 0 Å². The van der Waals surface area contributed by atoms with E-state index in [0.717, 1.165) is 5.56 Å². The van der Waals surface area contributed by atoms with Gasteiger partial charge in [-0.3, -0.25) is 4.79 Å². The Morgan fingerprint density at radius 1 is 1.43 bits per heavy atom. The number of rotatable bonds is 6. The summed E-state index contributed by atoms with van der Waals surface area (Å²) in [5, 5.41) is 16.2. The molecule has 0 saturated carbocycles. The molecule has 0 aliphatic heterocycles. The Morgan fingerprint density at radius 3 is 2.81 bits per heavy atom. The van der Waals surface area contributed by atoms with Crippen LogP contribution in [0.2, 0.25) is 5.02 Å². The van der Waals surface area contributed by atoms with Crippen molar-refractivity contribution in [1.82, 2.24) is 10.5 Å². The van der Waals surface area contributed by atoms with Gasteiger partial charge < -0.3 is 14.9 Å². The molecule has 0 radical (unpaired) electrons. The number of nitrogens with zero attached hydrogens (tertiary/aromatic N) is 1. The van der Waals surface area contributed by atoms with Crippen LogP contribution in [0.1, 0.15) is 23.7 Å². The normalized spacial score (nSPS) is 12.1. The Balaban J connectivity index is 2.09. The molecule has 0 fully saturated rings. The summed E-state index contributed by atoms with van der Waals surface area (Å²) in [4.78, 5) is 12.2. The highest BCUT2D eigenvalue weighted by molar-refractivity contribution is 6.30. The molecule has 1 heterocycles. The van der Waals surface area contributed by atoms with Crippen molar-refractivity contribution < 1.29 is 14.4 Å². The molecule has 2 rings (SSSR count). The van der Waals surface area contributed by atoms with Crippen molar-refractivity contribution in [2.45, 2.75) is 13.3 Å². The van der Waals surface area contributed by atoms with Gasteiger partial charge in [0.2, 0.25) is 0 Å². The van der Waals surface area contributed by atoms with Crippen LogP contribution in [0, 0.1) is 5.92 Å². The molecule has 5 nitrogen and oxygen atoms in total. The monoisotopic (exact) mass is 308 g/mol. The van der Waals surface area contributed by atoms with Gasteiger partial charge in [0.15, 0.2) is 0 Å². The van der Waals surface area contributed by atoms with Crippen molar-refractivity contribution in [3.05, 3.63) is 41.1 Å². The predicted molar refractivity (Wildman–Crippen MR) is 80.1 cm³/mol. The first-order valence-corrected chi connectivity index (χ1v) is 7.09. The van der Waals surface area contributed by atoms with Gasteiger partial charge in [-0.05, 0) is 24.5 Å². The molecule has 2 aromatic rings. The van der Waals surface area contributed by atoms with Gasteiger partial charge in [0.1, 0.15) is 17.5 Å². The molecule has 21 heavy (non-hydrogen) atoms. The fourth-order valence-corrected chi connectivity index (χ4v) is 2.02. The van der Waals surface area contributed by atoms with Gasteiger partial charge in [-0.25, -0.2) is 0 Å². The van der Waals surface area contributed by atoms with Crippen LogP contribution in [0.15, 0.2) is 35.1 Å².